The molecule has 0 aliphatic carbocycles. The average Bonchev–Trinajstić information content (AvgIpc) is 2.31. The van der Waals surface area contributed by atoms with E-state index in [0.29, 0.717) is 6.61 Å². The van der Waals surface area contributed by atoms with Crippen LogP contribution >= 0.6 is 0 Å². The van der Waals surface area contributed by atoms with Gasteiger partial charge in [-0.1, -0.05) is 57.0 Å². The molecule has 0 amide bonds. The van der Waals surface area contributed by atoms with Gasteiger partial charge in [-0.3, -0.25) is 4.84 Å². The van der Waals surface area contributed by atoms with Gasteiger partial charge >= 0.3 is 0 Å². The molecule has 0 aliphatic heterocycles. The van der Waals surface area contributed by atoms with Gasteiger partial charge in [0.15, 0.2) is 0 Å². The molecule has 0 heterocycles. The van der Waals surface area contributed by atoms with Gasteiger partial charge in [0.2, 0.25) is 0 Å². The lowest BCUT2D eigenvalue weighted by Gasteiger charge is -2.13. The van der Waals surface area contributed by atoms with Gasteiger partial charge in [0, 0.05) is 6.54 Å². The summed E-state index contributed by atoms with van der Waals surface area (Å²) in [4.78, 5) is 5.40. The highest BCUT2D eigenvalue weighted by molar-refractivity contribution is 5.13. The summed E-state index contributed by atoms with van der Waals surface area (Å²) in [6, 6.07) is 10.2. The third-order valence-electron chi connectivity index (χ3n) is 2.71. The van der Waals surface area contributed by atoms with Crippen molar-refractivity contribution in [1.82, 2.24) is 5.48 Å². The normalized spacial score (nSPS) is 10.9. The van der Waals surface area contributed by atoms with Crippen LogP contribution in [-0.4, -0.2) is 6.54 Å². The number of hydrogen-bond acceptors (Lipinski definition) is 2. The zero-order valence-corrected chi connectivity index (χ0v) is 9.70. The molecule has 0 saturated heterocycles. The van der Waals surface area contributed by atoms with Crippen LogP contribution in [0, 0.1) is 5.92 Å². The minimum Gasteiger partial charge on any atom is -0.297 e. The van der Waals surface area contributed by atoms with E-state index in [0.717, 1.165) is 12.5 Å². The van der Waals surface area contributed by atoms with Gasteiger partial charge < -0.3 is 0 Å². The maximum atomic E-state index is 5.40. The Hall–Kier alpha value is -0.860. The Morgan fingerprint density at radius 2 is 1.80 bits per heavy atom. The van der Waals surface area contributed by atoms with Crippen LogP contribution in [0.4, 0.5) is 0 Å². The second kappa shape index (κ2) is 7.43. The molecule has 2 heteroatoms. The van der Waals surface area contributed by atoms with Crippen LogP contribution in [-0.2, 0) is 11.4 Å². The van der Waals surface area contributed by atoms with Crippen LogP contribution in [0.15, 0.2) is 30.3 Å². The Kier molecular flexibility index (Phi) is 6.05. The molecule has 0 unspecified atom stereocenters. The lowest BCUT2D eigenvalue weighted by molar-refractivity contribution is 0.0189. The zero-order valence-electron chi connectivity index (χ0n) is 9.70. The lowest BCUT2D eigenvalue weighted by Crippen LogP contribution is -2.22. The van der Waals surface area contributed by atoms with Crippen LogP contribution in [0.5, 0.6) is 0 Å². The molecular formula is C13H21NO. The van der Waals surface area contributed by atoms with Gasteiger partial charge in [-0.25, -0.2) is 5.48 Å². The predicted octanol–water partition coefficient (Wildman–Crippen LogP) is 3.14. The summed E-state index contributed by atoms with van der Waals surface area (Å²) in [6.45, 7) is 6.01. The average molecular weight is 207 g/mol. The van der Waals surface area contributed by atoms with Gasteiger partial charge in [0.05, 0.1) is 6.61 Å². The van der Waals surface area contributed by atoms with E-state index in [2.05, 4.69) is 31.5 Å². The Labute approximate surface area is 92.6 Å². The summed E-state index contributed by atoms with van der Waals surface area (Å²) in [7, 11) is 0. The summed E-state index contributed by atoms with van der Waals surface area (Å²) < 4.78 is 0. The van der Waals surface area contributed by atoms with E-state index in [1.165, 1.54) is 18.4 Å². The molecular weight excluding hydrogens is 186 g/mol. The first kappa shape index (κ1) is 12.2. The molecule has 84 valence electrons. The lowest BCUT2D eigenvalue weighted by atomic mass is 10.0. The molecule has 0 fully saturated rings. The fraction of sp³-hybridized carbons (Fsp3) is 0.538. The molecule has 0 atom stereocenters. The first-order valence-corrected chi connectivity index (χ1v) is 5.75. The second-order valence-corrected chi connectivity index (χ2v) is 3.81. The van der Waals surface area contributed by atoms with Gasteiger partial charge in [-0.05, 0) is 11.5 Å². The van der Waals surface area contributed by atoms with Gasteiger partial charge in [0.25, 0.3) is 0 Å². The molecule has 2 nitrogen and oxygen atoms in total. The smallest absolute Gasteiger partial charge is 0.0933 e. The molecule has 0 spiro atoms. The Morgan fingerprint density at radius 1 is 1.13 bits per heavy atom. The van der Waals surface area contributed by atoms with E-state index in [9.17, 15) is 0 Å². The fourth-order valence-corrected chi connectivity index (χ4v) is 1.46. The molecule has 0 aliphatic rings. The number of nitrogens with one attached hydrogen (secondary N) is 1. The van der Waals surface area contributed by atoms with Gasteiger partial charge in [-0.2, -0.15) is 0 Å². The van der Waals surface area contributed by atoms with E-state index in [-0.39, 0.29) is 0 Å². The van der Waals surface area contributed by atoms with Crippen molar-refractivity contribution in [1.29, 1.82) is 0 Å². The van der Waals surface area contributed by atoms with E-state index in [1.54, 1.807) is 0 Å². The largest absolute Gasteiger partial charge is 0.297 e. The summed E-state index contributed by atoms with van der Waals surface area (Å²) in [5.74, 6) is 0.723. The van der Waals surface area contributed by atoms with E-state index >= 15 is 0 Å². The number of benzene rings is 1. The molecule has 1 rings (SSSR count). The molecule has 0 radical (unpaired) electrons. The van der Waals surface area contributed by atoms with Crippen molar-refractivity contribution >= 4 is 0 Å². The van der Waals surface area contributed by atoms with Crippen LogP contribution in [0.3, 0.4) is 0 Å². The van der Waals surface area contributed by atoms with Crippen molar-refractivity contribution in [3.05, 3.63) is 35.9 Å². The summed E-state index contributed by atoms with van der Waals surface area (Å²) in [5, 5.41) is 0. The van der Waals surface area contributed by atoms with Gasteiger partial charge in [-0.15, -0.1) is 0 Å². The highest BCUT2D eigenvalue weighted by Crippen LogP contribution is 2.05. The third-order valence-corrected chi connectivity index (χ3v) is 2.71. The zero-order chi connectivity index (χ0) is 10.9. The highest BCUT2D eigenvalue weighted by atomic mass is 16.6. The molecule has 1 aromatic rings. The Morgan fingerprint density at radius 3 is 2.40 bits per heavy atom. The van der Waals surface area contributed by atoms with Crippen molar-refractivity contribution in [2.24, 2.45) is 5.92 Å². The maximum absolute atomic E-state index is 5.40. The van der Waals surface area contributed by atoms with Crippen molar-refractivity contribution < 1.29 is 4.84 Å². The molecule has 1 N–H and O–H groups in total. The van der Waals surface area contributed by atoms with Crippen LogP contribution in [0.1, 0.15) is 32.3 Å². The van der Waals surface area contributed by atoms with Crippen LogP contribution in [0.25, 0.3) is 0 Å². The van der Waals surface area contributed by atoms with E-state index in [4.69, 9.17) is 4.84 Å². The maximum Gasteiger partial charge on any atom is 0.0933 e. The molecule has 0 saturated carbocycles. The molecule has 0 aromatic heterocycles. The minimum absolute atomic E-state index is 0.640. The molecule has 15 heavy (non-hydrogen) atoms. The molecule has 0 bridgehead atoms. The Bertz CT molecular complexity index is 244. The van der Waals surface area contributed by atoms with Crippen LogP contribution < -0.4 is 5.48 Å². The fourth-order valence-electron chi connectivity index (χ4n) is 1.46. The monoisotopic (exact) mass is 207 g/mol. The topological polar surface area (TPSA) is 21.3 Å². The predicted molar refractivity (Wildman–Crippen MR) is 63.3 cm³/mol. The summed E-state index contributed by atoms with van der Waals surface area (Å²) in [6.07, 6.45) is 2.41. The summed E-state index contributed by atoms with van der Waals surface area (Å²) in [5.41, 5.74) is 4.24. The quantitative estimate of drug-likeness (QED) is 0.548. The van der Waals surface area contributed by atoms with Crippen molar-refractivity contribution in [3.8, 4) is 0 Å². The van der Waals surface area contributed by atoms with Gasteiger partial charge in [0.1, 0.15) is 0 Å². The van der Waals surface area contributed by atoms with Crippen LogP contribution in [0.2, 0.25) is 0 Å². The third kappa shape index (κ3) is 4.96. The number of hydrogen-bond donors (Lipinski definition) is 1. The number of hydroxylamine groups is 1. The van der Waals surface area contributed by atoms with E-state index < -0.39 is 0 Å². The highest BCUT2D eigenvalue weighted by Gasteiger charge is 2.01. The van der Waals surface area contributed by atoms with Crippen molar-refractivity contribution in [3.63, 3.8) is 0 Å². The Balaban J connectivity index is 2.12. The minimum atomic E-state index is 0.640. The summed E-state index contributed by atoms with van der Waals surface area (Å²) >= 11 is 0. The molecule has 1 aromatic carbocycles. The second-order valence-electron chi connectivity index (χ2n) is 3.81. The van der Waals surface area contributed by atoms with Crippen molar-refractivity contribution in [2.45, 2.75) is 33.3 Å². The number of rotatable bonds is 7. The van der Waals surface area contributed by atoms with E-state index in [1.807, 2.05) is 18.2 Å². The first-order valence-electron chi connectivity index (χ1n) is 5.75. The SMILES string of the molecule is CCC(CC)CNOCc1ccccc1. The van der Waals surface area contributed by atoms with Crippen molar-refractivity contribution in [2.75, 3.05) is 6.54 Å². The first-order chi connectivity index (χ1) is 7.36. The standard InChI is InChI=1S/C13H21NO/c1-3-12(4-2)10-14-15-11-13-8-6-5-7-9-13/h5-9,12,14H,3-4,10-11H2,1-2H3.